The van der Waals surface area contributed by atoms with Crippen molar-refractivity contribution in [3.05, 3.63) is 70.5 Å². The zero-order chi connectivity index (χ0) is 21.1. The second kappa shape index (κ2) is 8.41. The van der Waals surface area contributed by atoms with Crippen molar-refractivity contribution in [1.29, 1.82) is 0 Å². The quantitative estimate of drug-likeness (QED) is 0.622. The maximum atomic E-state index is 12.9. The molecule has 0 aliphatic rings. The average Bonchev–Trinajstić information content (AvgIpc) is 2.97. The Morgan fingerprint density at radius 1 is 0.966 bits per heavy atom. The number of aryl methyl sites for hydroxylation is 1. The van der Waals surface area contributed by atoms with Crippen LogP contribution in [0.15, 0.2) is 48.5 Å². The van der Waals surface area contributed by atoms with E-state index in [0.717, 1.165) is 17.1 Å². The van der Waals surface area contributed by atoms with E-state index in [1.807, 2.05) is 30.5 Å². The molecular formula is C22H22ClN3O3. The van der Waals surface area contributed by atoms with Crippen LogP contribution >= 0.6 is 11.6 Å². The second-order valence-corrected chi connectivity index (χ2v) is 7.09. The SMILES string of the molecule is COc1ccc(Cl)cc1-n1c(C)cc(C(=O)Nc2ccc(NC(C)=O)cc2)c1C. The van der Waals surface area contributed by atoms with Gasteiger partial charge in [0.25, 0.3) is 5.91 Å². The summed E-state index contributed by atoms with van der Waals surface area (Å²) in [7, 11) is 1.60. The van der Waals surface area contributed by atoms with Gasteiger partial charge in [0, 0.05) is 34.7 Å². The number of amides is 2. The lowest BCUT2D eigenvalue weighted by Crippen LogP contribution is -2.13. The number of nitrogens with zero attached hydrogens (tertiary/aromatic N) is 1. The van der Waals surface area contributed by atoms with Crippen LogP contribution in [0.1, 0.15) is 28.7 Å². The summed E-state index contributed by atoms with van der Waals surface area (Å²) in [6.45, 7) is 5.24. The molecule has 3 rings (SSSR count). The molecule has 3 aromatic rings. The minimum Gasteiger partial charge on any atom is -0.495 e. The van der Waals surface area contributed by atoms with Gasteiger partial charge in [-0.15, -0.1) is 0 Å². The van der Waals surface area contributed by atoms with E-state index in [9.17, 15) is 9.59 Å². The molecule has 29 heavy (non-hydrogen) atoms. The Balaban J connectivity index is 1.89. The first-order valence-corrected chi connectivity index (χ1v) is 9.40. The van der Waals surface area contributed by atoms with Crippen molar-refractivity contribution in [3.63, 3.8) is 0 Å². The van der Waals surface area contributed by atoms with Crippen LogP contribution in [0.2, 0.25) is 5.02 Å². The average molecular weight is 412 g/mol. The zero-order valence-electron chi connectivity index (χ0n) is 16.7. The topological polar surface area (TPSA) is 72.4 Å². The Hall–Kier alpha value is -3.25. The molecule has 0 saturated heterocycles. The van der Waals surface area contributed by atoms with Crippen LogP contribution in [-0.4, -0.2) is 23.5 Å². The highest BCUT2D eigenvalue weighted by molar-refractivity contribution is 6.30. The molecule has 2 aromatic carbocycles. The fourth-order valence-electron chi connectivity index (χ4n) is 3.24. The summed E-state index contributed by atoms with van der Waals surface area (Å²) in [4.78, 5) is 24.0. The first-order chi connectivity index (χ1) is 13.8. The van der Waals surface area contributed by atoms with E-state index in [0.29, 0.717) is 27.7 Å². The molecule has 0 bridgehead atoms. The number of hydrogen-bond acceptors (Lipinski definition) is 3. The molecule has 0 aliphatic carbocycles. The number of aromatic nitrogens is 1. The molecule has 150 valence electrons. The Morgan fingerprint density at radius 3 is 2.17 bits per heavy atom. The fraction of sp³-hybridized carbons (Fsp3) is 0.182. The van der Waals surface area contributed by atoms with Gasteiger partial charge in [-0.05, 0) is 62.4 Å². The molecule has 0 aliphatic heterocycles. The number of hydrogen-bond donors (Lipinski definition) is 2. The van der Waals surface area contributed by atoms with Crippen molar-refractivity contribution < 1.29 is 14.3 Å². The summed E-state index contributed by atoms with van der Waals surface area (Å²) in [6, 6.07) is 14.1. The van der Waals surface area contributed by atoms with Gasteiger partial charge in [0.2, 0.25) is 5.91 Å². The van der Waals surface area contributed by atoms with Gasteiger partial charge >= 0.3 is 0 Å². The molecule has 1 aromatic heterocycles. The molecule has 2 amide bonds. The third-order valence-corrected chi connectivity index (χ3v) is 4.76. The van der Waals surface area contributed by atoms with E-state index in [1.54, 1.807) is 43.5 Å². The number of anilines is 2. The molecule has 6 nitrogen and oxygen atoms in total. The van der Waals surface area contributed by atoms with Crippen molar-refractivity contribution >= 4 is 34.8 Å². The third-order valence-electron chi connectivity index (χ3n) is 4.52. The van der Waals surface area contributed by atoms with Crippen molar-refractivity contribution in [2.24, 2.45) is 0 Å². The van der Waals surface area contributed by atoms with E-state index in [-0.39, 0.29) is 11.8 Å². The number of carbonyl (C=O) groups excluding carboxylic acids is 2. The number of halogens is 1. The largest absolute Gasteiger partial charge is 0.495 e. The van der Waals surface area contributed by atoms with E-state index < -0.39 is 0 Å². The van der Waals surface area contributed by atoms with Crippen LogP contribution in [0.25, 0.3) is 5.69 Å². The van der Waals surface area contributed by atoms with Gasteiger partial charge in [0.1, 0.15) is 5.75 Å². The Labute approximate surface area is 174 Å². The first-order valence-electron chi connectivity index (χ1n) is 9.02. The van der Waals surface area contributed by atoms with Gasteiger partial charge in [-0.1, -0.05) is 11.6 Å². The van der Waals surface area contributed by atoms with E-state index in [2.05, 4.69) is 10.6 Å². The smallest absolute Gasteiger partial charge is 0.257 e. The standard InChI is InChI=1S/C22H22ClN3O3/c1-13-11-19(14(2)26(13)20-12-16(23)5-10-21(20)29-4)22(28)25-18-8-6-17(7-9-18)24-15(3)27/h5-12H,1-4H3,(H,24,27)(H,25,28). The van der Waals surface area contributed by atoms with Crippen molar-refractivity contribution in [2.45, 2.75) is 20.8 Å². The summed E-state index contributed by atoms with van der Waals surface area (Å²) in [5.74, 6) is 0.292. The number of rotatable bonds is 5. The Bertz CT molecular complexity index is 1070. The lowest BCUT2D eigenvalue weighted by molar-refractivity contribution is -0.114. The van der Waals surface area contributed by atoms with Crippen LogP contribution < -0.4 is 15.4 Å². The highest BCUT2D eigenvalue weighted by atomic mass is 35.5. The van der Waals surface area contributed by atoms with Gasteiger partial charge in [-0.25, -0.2) is 0 Å². The molecule has 0 radical (unpaired) electrons. The summed E-state index contributed by atoms with van der Waals surface area (Å²) in [5, 5.41) is 6.16. The maximum Gasteiger partial charge on any atom is 0.257 e. The summed E-state index contributed by atoms with van der Waals surface area (Å²) in [6.07, 6.45) is 0. The summed E-state index contributed by atoms with van der Waals surface area (Å²) < 4.78 is 7.40. The first kappa shape index (κ1) is 20.5. The van der Waals surface area contributed by atoms with Gasteiger partial charge < -0.3 is 19.9 Å². The van der Waals surface area contributed by atoms with Crippen molar-refractivity contribution in [2.75, 3.05) is 17.7 Å². The Morgan fingerprint density at radius 2 is 1.59 bits per heavy atom. The molecule has 7 heteroatoms. The van der Waals surface area contributed by atoms with Crippen LogP contribution in [0.4, 0.5) is 11.4 Å². The molecule has 0 saturated carbocycles. The predicted molar refractivity (Wildman–Crippen MR) is 116 cm³/mol. The van der Waals surface area contributed by atoms with Crippen LogP contribution in [0, 0.1) is 13.8 Å². The second-order valence-electron chi connectivity index (χ2n) is 6.65. The molecular weight excluding hydrogens is 390 g/mol. The van der Waals surface area contributed by atoms with Crippen molar-refractivity contribution in [1.82, 2.24) is 4.57 Å². The molecule has 1 heterocycles. The fourth-order valence-corrected chi connectivity index (χ4v) is 3.41. The minimum atomic E-state index is -0.224. The summed E-state index contributed by atoms with van der Waals surface area (Å²) in [5.41, 5.74) is 4.28. The molecule has 0 fully saturated rings. The van der Waals surface area contributed by atoms with Gasteiger partial charge in [-0.3, -0.25) is 9.59 Å². The number of benzene rings is 2. The minimum absolute atomic E-state index is 0.148. The van der Waals surface area contributed by atoms with Crippen LogP contribution in [-0.2, 0) is 4.79 Å². The zero-order valence-corrected chi connectivity index (χ0v) is 17.4. The third kappa shape index (κ3) is 4.43. The molecule has 0 atom stereocenters. The normalized spacial score (nSPS) is 10.5. The van der Waals surface area contributed by atoms with E-state index in [4.69, 9.17) is 16.3 Å². The predicted octanol–water partition coefficient (Wildman–Crippen LogP) is 4.97. The maximum absolute atomic E-state index is 12.9. The number of ether oxygens (including phenoxy) is 1. The number of carbonyl (C=O) groups is 2. The lowest BCUT2D eigenvalue weighted by Gasteiger charge is -2.14. The van der Waals surface area contributed by atoms with Crippen LogP contribution in [0.5, 0.6) is 5.75 Å². The molecule has 2 N–H and O–H groups in total. The lowest BCUT2D eigenvalue weighted by atomic mass is 10.2. The van der Waals surface area contributed by atoms with Gasteiger partial charge in [0.15, 0.2) is 0 Å². The molecule has 0 unspecified atom stereocenters. The Kier molecular flexibility index (Phi) is 5.94. The monoisotopic (exact) mass is 411 g/mol. The number of nitrogens with one attached hydrogen (secondary N) is 2. The van der Waals surface area contributed by atoms with Crippen LogP contribution in [0.3, 0.4) is 0 Å². The van der Waals surface area contributed by atoms with E-state index in [1.165, 1.54) is 6.92 Å². The van der Waals surface area contributed by atoms with Crippen molar-refractivity contribution in [3.8, 4) is 11.4 Å². The number of methoxy groups -OCH3 is 1. The van der Waals surface area contributed by atoms with Gasteiger partial charge in [0.05, 0.1) is 18.4 Å². The summed E-state index contributed by atoms with van der Waals surface area (Å²) >= 11 is 6.17. The highest BCUT2D eigenvalue weighted by Gasteiger charge is 2.19. The van der Waals surface area contributed by atoms with Gasteiger partial charge in [-0.2, -0.15) is 0 Å². The molecule has 0 spiro atoms. The highest BCUT2D eigenvalue weighted by Crippen LogP contribution is 2.31. The van der Waals surface area contributed by atoms with E-state index >= 15 is 0 Å².